The molecule has 1 aromatic carbocycles. The number of carbonyl (C=O) groups is 3. The second kappa shape index (κ2) is 10.5. The molecule has 0 fully saturated rings. The van der Waals surface area contributed by atoms with Gasteiger partial charge < -0.3 is 15.8 Å². The van der Waals surface area contributed by atoms with Crippen LogP contribution in [0.5, 0.6) is 0 Å². The number of alkyl carbamates (subject to hydrolysis) is 1. The number of hydrogen-bond acceptors (Lipinski definition) is 5. The van der Waals surface area contributed by atoms with Crippen LogP contribution in [0.25, 0.3) is 0 Å². The van der Waals surface area contributed by atoms with Crippen molar-refractivity contribution in [3.05, 3.63) is 35.4 Å². The highest BCUT2D eigenvalue weighted by Crippen LogP contribution is 2.08. The predicted molar refractivity (Wildman–Crippen MR) is 103 cm³/mol. The zero-order chi connectivity index (χ0) is 20.4. The van der Waals surface area contributed by atoms with Crippen molar-refractivity contribution in [3.63, 3.8) is 0 Å². The van der Waals surface area contributed by atoms with Gasteiger partial charge in [-0.15, -0.1) is 0 Å². The second-order valence-corrected chi connectivity index (χ2v) is 7.19. The number of hydrazine groups is 1. The number of unbranched alkanes of at least 4 members (excludes halogenated alkanes) is 1. The van der Waals surface area contributed by atoms with Gasteiger partial charge in [0.25, 0.3) is 11.8 Å². The Bertz CT molecular complexity index is 638. The number of nitrogens with two attached hydrogens (primary N) is 1. The first-order chi connectivity index (χ1) is 12.7. The van der Waals surface area contributed by atoms with Crippen LogP contribution in [-0.2, 0) is 16.1 Å². The van der Waals surface area contributed by atoms with Crippen LogP contribution in [0.1, 0.15) is 62.9 Å². The van der Waals surface area contributed by atoms with E-state index < -0.39 is 29.6 Å². The third-order valence-electron chi connectivity index (χ3n) is 3.60. The fourth-order valence-corrected chi connectivity index (χ4v) is 2.20. The van der Waals surface area contributed by atoms with Gasteiger partial charge in [-0.25, -0.2) is 4.79 Å². The van der Waals surface area contributed by atoms with Crippen LogP contribution in [0.3, 0.4) is 0 Å². The molecule has 1 aromatic rings. The lowest BCUT2D eigenvalue weighted by Gasteiger charge is -2.23. The lowest BCUT2D eigenvalue weighted by atomic mass is 10.1. The maximum absolute atomic E-state index is 12.4. The summed E-state index contributed by atoms with van der Waals surface area (Å²) in [6, 6.07) is 5.92. The molecule has 0 aliphatic rings. The normalized spacial score (nSPS) is 12.0. The first-order valence-corrected chi connectivity index (χ1v) is 9.05. The maximum Gasteiger partial charge on any atom is 0.408 e. The molecular formula is C19H30N4O4. The summed E-state index contributed by atoms with van der Waals surface area (Å²) in [5, 5.41) is 2.55. The van der Waals surface area contributed by atoms with Crippen molar-refractivity contribution in [3.8, 4) is 0 Å². The molecule has 1 atom stereocenters. The molecule has 0 aromatic heterocycles. The van der Waals surface area contributed by atoms with Gasteiger partial charge in [-0.3, -0.25) is 20.4 Å². The average Bonchev–Trinajstić information content (AvgIpc) is 2.61. The van der Waals surface area contributed by atoms with Crippen molar-refractivity contribution in [2.24, 2.45) is 5.73 Å². The van der Waals surface area contributed by atoms with Crippen LogP contribution in [0, 0.1) is 0 Å². The van der Waals surface area contributed by atoms with E-state index in [0.29, 0.717) is 18.5 Å². The third-order valence-corrected chi connectivity index (χ3v) is 3.60. The van der Waals surface area contributed by atoms with Crippen molar-refractivity contribution >= 4 is 17.9 Å². The SMILES string of the molecule is CCCC[C@H](NC(=O)OC(C)(C)C)C(=O)NNC(=O)c1ccc(CN)cc1. The van der Waals surface area contributed by atoms with E-state index in [1.165, 1.54) is 0 Å². The Morgan fingerprint density at radius 2 is 1.74 bits per heavy atom. The summed E-state index contributed by atoms with van der Waals surface area (Å²) < 4.78 is 5.19. The van der Waals surface area contributed by atoms with Crippen molar-refractivity contribution < 1.29 is 19.1 Å². The Morgan fingerprint density at radius 3 is 2.26 bits per heavy atom. The molecule has 150 valence electrons. The van der Waals surface area contributed by atoms with E-state index in [2.05, 4.69) is 16.2 Å². The van der Waals surface area contributed by atoms with Gasteiger partial charge in [0.1, 0.15) is 11.6 Å². The summed E-state index contributed by atoms with van der Waals surface area (Å²) in [6.45, 7) is 7.58. The smallest absolute Gasteiger partial charge is 0.408 e. The summed E-state index contributed by atoms with van der Waals surface area (Å²) >= 11 is 0. The van der Waals surface area contributed by atoms with E-state index in [1.54, 1.807) is 45.0 Å². The minimum absolute atomic E-state index is 0.383. The van der Waals surface area contributed by atoms with Crippen molar-refractivity contribution in [2.45, 2.75) is 65.1 Å². The molecule has 0 aliphatic carbocycles. The minimum Gasteiger partial charge on any atom is -0.444 e. The first-order valence-electron chi connectivity index (χ1n) is 9.05. The lowest BCUT2D eigenvalue weighted by Crippen LogP contribution is -2.53. The maximum atomic E-state index is 12.4. The van der Waals surface area contributed by atoms with Gasteiger partial charge in [0.2, 0.25) is 0 Å². The molecule has 0 radical (unpaired) electrons. The second-order valence-electron chi connectivity index (χ2n) is 7.19. The quantitative estimate of drug-likeness (QED) is 0.541. The van der Waals surface area contributed by atoms with Crippen LogP contribution < -0.4 is 21.9 Å². The number of amides is 3. The molecule has 8 heteroatoms. The Hall–Kier alpha value is -2.61. The Balaban J connectivity index is 2.63. The van der Waals surface area contributed by atoms with Gasteiger partial charge in [0.05, 0.1) is 0 Å². The molecule has 0 bridgehead atoms. The zero-order valence-corrected chi connectivity index (χ0v) is 16.4. The van der Waals surface area contributed by atoms with Gasteiger partial charge in [-0.05, 0) is 44.9 Å². The molecule has 0 spiro atoms. The molecule has 0 heterocycles. The number of hydrogen-bond donors (Lipinski definition) is 4. The lowest BCUT2D eigenvalue weighted by molar-refractivity contribution is -0.124. The van der Waals surface area contributed by atoms with Gasteiger partial charge in [-0.1, -0.05) is 31.9 Å². The van der Waals surface area contributed by atoms with E-state index in [4.69, 9.17) is 10.5 Å². The highest BCUT2D eigenvalue weighted by molar-refractivity contribution is 5.96. The highest BCUT2D eigenvalue weighted by Gasteiger charge is 2.24. The zero-order valence-electron chi connectivity index (χ0n) is 16.4. The number of benzene rings is 1. The summed E-state index contributed by atoms with van der Waals surface area (Å²) in [4.78, 5) is 36.4. The minimum atomic E-state index is -0.806. The number of carbonyl (C=O) groups excluding carboxylic acids is 3. The van der Waals surface area contributed by atoms with Crippen molar-refractivity contribution in [2.75, 3.05) is 0 Å². The fourth-order valence-electron chi connectivity index (χ4n) is 2.20. The van der Waals surface area contributed by atoms with Crippen LogP contribution in [0.2, 0.25) is 0 Å². The molecule has 8 nitrogen and oxygen atoms in total. The van der Waals surface area contributed by atoms with Crippen molar-refractivity contribution in [1.29, 1.82) is 0 Å². The first kappa shape index (κ1) is 22.4. The van der Waals surface area contributed by atoms with Gasteiger partial charge >= 0.3 is 6.09 Å². The summed E-state index contributed by atoms with van der Waals surface area (Å²) in [7, 11) is 0. The third kappa shape index (κ3) is 8.54. The van der Waals surface area contributed by atoms with E-state index in [1.807, 2.05) is 6.92 Å². The summed E-state index contributed by atoms with van der Waals surface area (Å²) in [6.07, 6.45) is 1.35. The molecular weight excluding hydrogens is 348 g/mol. The monoisotopic (exact) mass is 378 g/mol. The van der Waals surface area contributed by atoms with Crippen LogP contribution in [0.4, 0.5) is 4.79 Å². The van der Waals surface area contributed by atoms with E-state index in [9.17, 15) is 14.4 Å². The molecule has 0 aliphatic heterocycles. The Labute approximate surface area is 160 Å². The molecule has 5 N–H and O–H groups in total. The number of rotatable bonds is 7. The molecule has 0 saturated heterocycles. The standard InChI is InChI=1S/C19H30N4O4/c1-5-6-7-15(21-18(26)27-19(2,3)4)17(25)23-22-16(24)14-10-8-13(12-20)9-11-14/h8-11,15H,5-7,12,20H2,1-4H3,(H,21,26)(H,22,24)(H,23,25)/t15-/m0/s1. The number of nitrogens with one attached hydrogen (secondary N) is 3. The summed E-state index contributed by atoms with van der Waals surface area (Å²) in [5.41, 5.74) is 10.8. The van der Waals surface area contributed by atoms with E-state index in [0.717, 1.165) is 18.4 Å². The van der Waals surface area contributed by atoms with Crippen LogP contribution in [-0.4, -0.2) is 29.6 Å². The van der Waals surface area contributed by atoms with Crippen LogP contribution >= 0.6 is 0 Å². The van der Waals surface area contributed by atoms with Gasteiger partial charge in [-0.2, -0.15) is 0 Å². The van der Waals surface area contributed by atoms with Crippen LogP contribution in [0.15, 0.2) is 24.3 Å². The average molecular weight is 378 g/mol. The fraction of sp³-hybridized carbons (Fsp3) is 0.526. The molecule has 0 unspecified atom stereocenters. The van der Waals surface area contributed by atoms with Crippen molar-refractivity contribution in [1.82, 2.24) is 16.2 Å². The van der Waals surface area contributed by atoms with E-state index >= 15 is 0 Å². The molecule has 27 heavy (non-hydrogen) atoms. The van der Waals surface area contributed by atoms with E-state index in [-0.39, 0.29) is 0 Å². The largest absolute Gasteiger partial charge is 0.444 e. The van der Waals surface area contributed by atoms with Gasteiger partial charge in [0.15, 0.2) is 0 Å². The molecule has 3 amide bonds. The Kier molecular flexibility index (Phi) is 8.74. The molecule has 1 rings (SSSR count). The Morgan fingerprint density at radius 1 is 1.11 bits per heavy atom. The van der Waals surface area contributed by atoms with Gasteiger partial charge in [0, 0.05) is 12.1 Å². The predicted octanol–water partition coefficient (Wildman–Crippen LogP) is 1.99. The number of ether oxygens (including phenoxy) is 1. The highest BCUT2D eigenvalue weighted by atomic mass is 16.6. The molecule has 0 saturated carbocycles. The summed E-state index contributed by atoms with van der Waals surface area (Å²) in [5.74, 6) is -0.973. The topological polar surface area (TPSA) is 123 Å².